The maximum Gasteiger partial charge on any atom is 0.261 e. The van der Waals surface area contributed by atoms with Crippen molar-refractivity contribution in [1.82, 2.24) is 0 Å². The number of aryl methyl sites for hydroxylation is 1. The summed E-state index contributed by atoms with van der Waals surface area (Å²) in [5.41, 5.74) is 1.64. The number of amides is 1. The second-order valence-electron chi connectivity index (χ2n) is 4.99. The third-order valence-electron chi connectivity index (χ3n) is 3.19. The number of carbonyl (C=O) groups excluding carboxylic acids is 1. The number of benzene rings is 2. The van der Waals surface area contributed by atoms with E-state index in [2.05, 4.69) is 10.0 Å². The van der Waals surface area contributed by atoms with Crippen LogP contribution < -0.4 is 10.0 Å². The average molecular weight is 353 g/mol. The normalized spacial score (nSPS) is 11.1. The van der Waals surface area contributed by atoms with Crippen molar-refractivity contribution in [1.29, 1.82) is 0 Å². The van der Waals surface area contributed by atoms with Crippen LogP contribution in [0.4, 0.5) is 11.4 Å². The summed E-state index contributed by atoms with van der Waals surface area (Å²) in [6, 6.07) is 11.0. The topological polar surface area (TPSA) is 75.3 Å². The third-order valence-corrected chi connectivity index (χ3v) is 4.81. The van der Waals surface area contributed by atoms with Crippen LogP contribution in [0.1, 0.15) is 18.9 Å². The Hall–Kier alpha value is -2.05. The van der Waals surface area contributed by atoms with E-state index in [4.69, 9.17) is 11.6 Å². The van der Waals surface area contributed by atoms with Gasteiger partial charge in [0, 0.05) is 17.1 Å². The van der Waals surface area contributed by atoms with Gasteiger partial charge in [-0.2, -0.15) is 0 Å². The van der Waals surface area contributed by atoms with Gasteiger partial charge in [0.05, 0.1) is 10.6 Å². The molecular weight excluding hydrogens is 336 g/mol. The maximum absolute atomic E-state index is 12.5. The number of carbonyl (C=O) groups is 1. The van der Waals surface area contributed by atoms with Crippen molar-refractivity contribution in [3.05, 3.63) is 53.1 Å². The Labute approximate surface area is 140 Å². The summed E-state index contributed by atoms with van der Waals surface area (Å²) in [7, 11) is -3.77. The highest BCUT2D eigenvalue weighted by molar-refractivity contribution is 7.92. The SMILES string of the molecule is CCC(=O)Nc1cc(S(=O)(=O)Nc2cccc(Cl)c2)ccc1C. The van der Waals surface area contributed by atoms with Crippen molar-refractivity contribution in [3.8, 4) is 0 Å². The molecule has 122 valence electrons. The van der Waals surface area contributed by atoms with Gasteiger partial charge in [-0.3, -0.25) is 9.52 Å². The maximum atomic E-state index is 12.5. The Bertz CT molecular complexity index is 835. The molecule has 23 heavy (non-hydrogen) atoms. The first kappa shape index (κ1) is 17.3. The molecule has 2 rings (SSSR count). The van der Waals surface area contributed by atoms with Crippen molar-refractivity contribution in [3.63, 3.8) is 0 Å². The molecule has 2 aromatic rings. The number of hydrogen-bond donors (Lipinski definition) is 2. The van der Waals surface area contributed by atoms with Crippen molar-refractivity contribution in [2.75, 3.05) is 10.0 Å². The van der Waals surface area contributed by atoms with E-state index in [-0.39, 0.29) is 10.8 Å². The fraction of sp³-hybridized carbons (Fsp3) is 0.188. The molecular formula is C16H17ClN2O3S. The first-order chi connectivity index (χ1) is 10.8. The summed E-state index contributed by atoms with van der Waals surface area (Å²) in [6.45, 7) is 3.53. The lowest BCUT2D eigenvalue weighted by atomic mass is 10.2. The molecule has 0 fully saturated rings. The number of anilines is 2. The predicted octanol–water partition coefficient (Wildman–Crippen LogP) is 3.80. The molecule has 0 heterocycles. The Morgan fingerprint density at radius 2 is 1.91 bits per heavy atom. The first-order valence-electron chi connectivity index (χ1n) is 7.00. The number of halogens is 1. The molecule has 0 aromatic heterocycles. The minimum absolute atomic E-state index is 0.0643. The van der Waals surface area contributed by atoms with Crippen molar-refractivity contribution in [2.45, 2.75) is 25.2 Å². The molecule has 2 N–H and O–H groups in total. The zero-order chi connectivity index (χ0) is 17.0. The molecule has 0 bridgehead atoms. The van der Waals surface area contributed by atoms with Crippen LogP contribution in [0.25, 0.3) is 0 Å². The smallest absolute Gasteiger partial charge is 0.261 e. The van der Waals surface area contributed by atoms with E-state index in [0.717, 1.165) is 5.56 Å². The molecule has 1 amide bonds. The molecule has 7 heteroatoms. The van der Waals surface area contributed by atoms with E-state index >= 15 is 0 Å². The molecule has 0 aliphatic carbocycles. The summed E-state index contributed by atoms with van der Waals surface area (Å²) < 4.78 is 27.4. The minimum Gasteiger partial charge on any atom is -0.326 e. The van der Waals surface area contributed by atoms with Gasteiger partial charge in [-0.1, -0.05) is 30.7 Å². The molecule has 0 aliphatic heterocycles. The van der Waals surface area contributed by atoms with Crippen LogP contribution in [0.5, 0.6) is 0 Å². The molecule has 0 saturated heterocycles. The average Bonchev–Trinajstić information content (AvgIpc) is 2.48. The van der Waals surface area contributed by atoms with E-state index < -0.39 is 10.0 Å². The van der Waals surface area contributed by atoms with Gasteiger partial charge in [-0.25, -0.2) is 8.42 Å². The lowest BCUT2D eigenvalue weighted by molar-refractivity contribution is -0.115. The molecule has 5 nitrogen and oxygen atoms in total. The standard InChI is InChI=1S/C16H17ClN2O3S/c1-3-16(20)18-15-10-14(8-7-11(15)2)23(21,22)19-13-6-4-5-12(17)9-13/h4-10,19H,3H2,1-2H3,(H,18,20). The van der Waals surface area contributed by atoms with Gasteiger partial charge < -0.3 is 5.32 Å². The summed E-state index contributed by atoms with van der Waals surface area (Å²) >= 11 is 5.86. The van der Waals surface area contributed by atoms with Crippen LogP contribution in [0, 0.1) is 6.92 Å². The van der Waals surface area contributed by atoms with Crippen LogP contribution >= 0.6 is 11.6 Å². The van der Waals surface area contributed by atoms with Crippen LogP contribution in [0.15, 0.2) is 47.4 Å². The van der Waals surface area contributed by atoms with Crippen LogP contribution in [0.3, 0.4) is 0 Å². The fourth-order valence-corrected chi connectivity index (χ4v) is 3.17. The van der Waals surface area contributed by atoms with Gasteiger partial charge in [-0.05, 0) is 42.8 Å². The molecule has 0 atom stereocenters. The quantitative estimate of drug-likeness (QED) is 0.859. The van der Waals surface area contributed by atoms with Crippen LogP contribution in [-0.4, -0.2) is 14.3 Å². The van der Waals surface area contributed by atoms with E-state index in [1.54, 1.807) is 38.1 Å². The summed E-state index contributed by atoms with van der Waals surface area (Å²) in [4.78, 5) is 11.6. The number of hydrogen-bond acceptors (Lipinski definition) is 3. The molecule has 0 unspecified atom stereocenters. The molecule has 0 radical (unpaired) electrons. The third kappa shape index (κ3) is 4.46. The van der Waals surface area contributed by atoms with E-state index in [0.29, 0.717) is 22.8 Å². The van der Waals surface area contributed by atoms with Crippen LogP contribution in [-0.2, 0) is 14.8 Å². The predicted molar refractivity (Wildman–Crippen MR) is 92.4 cm³/mol. The van der Waals surface area contributed by atoms with Gasteiger partial charge in [0.25, 0.3) is 10.0 Å². The molecule has 2 aromatic carbocycles. The Kier molecular flexibility index (Phi) is 5.28. The number of rotatable bonds is 5. The Balaban J connectivity index is 2.32. The highest BCUT2D eigenvalue weighted by Crippen LogP contribution is 2.23. The summed E-state index contributed by atoms with van der Waals surface area (Å²) in [5, 5.41) is 3.13. The van der Waals surface area contributed by atoms with Crippen molar-refractivity contribution in [2.24, 2.45) is 0 Å². The molecule has 0 saturated carbocycles. The molecule has 0 spiro atoms. The van der Waals surface area contributed by atoms with Gasteiger partial charge in [-0.15, -0.1) is 0 Å². The van der Waals surface area contributed by atoms with Crippen molar-refractivity contribution < 1.29 is 13.2 Å². The zero-order valence-electron chi connectivity index (χ0n) is 12.8. The highest BCUT2D eigenvalue weighted by Gasteiger charge is 2.16. The van der Waals surface area contributed by atoms with E-state index in [1.807, 2.05) is 0 Å². The highest BCUT2D eigenvalue weighted by atomic mass is 35.5. The number of sulfonamides is 1. The monoisotopic (exact) mass is 352 g/mol. The fourth-order valence-electron chi connectivity index (χ4n) is 1.91. The largest absolute Gasteiger partial charge is 0.326 e. The van der Waals surface area contributed by atoms with Crippen molar-refractivity contribution >= 4 is 38.9 Å². The minimum atomic E-state index is -3.77. The van der Waals surface area contributed by atoms with E-state index in [1.165, 1.54) is 18.2 Å². The van der Waals surface area contributed by atoms with Crippen LogP contribution in [0.2, 0.25) is 5.02 Å². The Morgan fingerprint density at radius 1 is 1.17 bits per heavy atom. The summed E-state index contributed by atoms with van der Waals surface area (Å²) in [6.07, 6.45) is 0.317. The lowest BCUT2D eigenvalue weighted by Crippen LogP contribution is -2.15. The number of nitrogens with one attached hydrogen (secondary N) is 2. The van der Waals surface area contributed by atoms with Gasteiger partial charge in [0.2, 0.25) is 5.91 Å². The second-order valence-corrected chi connectivity index (χ2v) is 7.11. The summed E-state index contributed by atoms with van der Waals surface area (Å²) in [5.74, 6) is -0.176. The first-order valence-corrected chi connectivity index (χ1v) is 8.87. The van der Waals surface area contributed by atoms with Gasteiger partial charge >= 0.3 is 0 Å². The van der Waals surface area contributed by atoms with Gasteiger partial charge in [0.1, 0.15) is 0 Å². The van der Waals surface area contributed by atoms with Gasteiger partial charge in [0.15, 0.2) is 0 Å². The zero-order valence-corrected chi connectivity index (χ0v) is 14.3. The Morgan fingerprint density at radius 3 is 2.57 bits per heavy atom. The molecule has 0 aliphatic rings. The van der Waals surface area contributed by atoms with E-state index in [9.17, 15) is 13.2 Å². The second kappa shape index (κ2) is 7.02. The lowest BCUT2D eigenvalue weighted by Gasteiger charge is -2.12.